The maximum Gasteiger partial charge on any atom is 0.0302 e. The molecule has 1 nitrogen and oxygen atoms in total. The molecule has 0 spiro atoms. The third-order valence-corrected chi connectivity index (χ3v) is 3.79. The molecule has 0 aliphatic rings. The van der Waals surface area contributed by atoms with Gasteiger partial charge in [0.05, 0.1) is 0 Å². The lowest BCUT2D eigenvalue weighted by Crippen LogP contribution is -2.25. The zero-order valence-electron chi connectivity index (χ0n) is 10.2. The number of hydrogen-bond donors (Lipinski definition) is 1. The lowest BCUT2D eigenvalue weighted by molar-refractivity contribution is 0.517. The molecule has 1 N–H and O–H groups in total. The molecule has 0 aliphatic carbocycles. The van der Waals surface area contributed by atoms with Gasteiger partial charge in [-0.15, -0.1) is 11.3 Å². The van der Waals surface area contributed by atoms with E-state index in [0.29, 0.717) is 6.04 Å². The van der Waals surface area contributed by atoms with Crippen LogP contribution in [0.5, 0.6) is 0 Å². The van der Waals surface area contributed by atoms with Crippen molar-refractivity contribution in [1.82, 2.24) is 5.32 Å². The smallest absolute Gasteiger partial charge is 0.0302 e. The molecule has 1 heterocycles. The van der Waals surface area contributed by atoms with Crippen molar-refractivity contribution in [2.24, 2.45) is 0 Å². The molecule has 0 fully saturated rings. The number of rotatable bonds is 6. The first-order valence-corrected chi connectivity index (χ1v) is 7.02. The predicted molar refractivity (Wildman–Crippen MR) is 75.4 cm³/mol. The van der Waals surface area contributed by atoms with Gasteiger partial charge in [0.1, 0.15) is 0 Å². The highest BCUT2D eigenvalue weighted by Gasteiger charge is 2.02. The standard InChI is InChI=1S/C15H19NS/c1-13(16-12-15-8-5-11-17-15)9-10-14-6-3-2-4-7-14/h2-8,11,13,16H,9-10,12H2,1H3/t13-/m1/s1. The van der Waals surface area contributed by atoms with Crippen LogP contribution < -0.4 is 5.32 Å². The summed E-state index contributed by atoms with van der Waals surface area (Å²) in [6, 6.07) is 15.5. The van der Waals surface area contributed by atoms with Gasteiger partial charge in [0.25, 0.3) is 0 Å². The molecular formula is C15H19NS. The Kier molecular flexibility index (Phi) is 4.77. The van der Waals surface area contributed by atoms with Gasteiger partial charge in [-0.05, 0) is 36.8 Å². The second-order valence-electron chi connectivity index (χ2n) is 4.39. The number of benzene rings is 1. The summed E-state index contributed by atoms with van der Waals surface area (Å²) in [7, 11) is 0. The molecule has 2 rings (SSSR count). The average molecular weight is 245 g/mol. The fourth-order valence-corrected chi connectivity index (χ4v) is 2.47. The molecule has 0 unspecified atom stereocenters. The zero-order valence-corrected chi connectivity index (χ0v) is 11.0. The summed E-state index contributed by atoms with van der Waals surface area (Å²) >= 11 is 1.82. The SMILES string of the molecule is C[C@H](CCc1ccccc1)NCc1cccs1. The summed E-state index contributed by atoms with van der Waals surface area (Å²) < 4.78 is 0. The molecule has 1 aromatic heterocycles. The average Bonchev–Trinajstić information content (AvgIpc) is 2.88. The molecule has 1 aromatic carbocycles. The van der Waals surface area contributed by atoms with Crippen molar-refractivity contribution in [3.8, 4) is 0 Å². The van der Waals surface area contributed by atoms with Crippen molar-refractivity contribution >= 4 is 11.3 Å². The molecule has 0 saturated carbocycles. The molecule has 90 valence electrons. The van der Waals surface area contributed by atoms with Crippen LogP contribution in [0.15, 0.2) is 47.8 Å². The molecule has 0 bridgehead atoms. The first-order valence-electron chi connectivity index (χ1n) is 6.14. The Bertz CT molecular complexity index is 408. The summed E-state index contributed by atoms with van der Waals surface area (Å²) in [5.74, 6) is 0. The third-order valence-electron chi connectivity index (χ3n) is 2.91. The van der Waals surface area contributed by atoms with Crippen LogP contribution in [0.4, 0.5) is 0 Å². The van der Waals surface area contributed by atoms with Crippen molar-refractivity contribution in [3.05, 3.63) is 58.3 Å². The monoisotopic (exact) mass is 245 g/mol. The van der Waals surface area contributed by atoms with Crippen LogP contribution in [-0.2, 0) is 13.0 Å². The van der Waals surface area contributed by atoms with E-state index in [0.717, 1.165) is 13.0 Å². The van der Waals surface area contributed by atoms with Crippen LogP contribution in [0, 0.1) is 0 Å². The van der Waals surface area contributed by atoms with Crippen LogP contribution in [0.1, 0.15) is 23.8 Å². The lowest BCUT2D eigenvalue weighted by atomic mass is 10.1. The van der Waals surface area contributed by atoms with Crippen molar-refractivity contribution in [2.45, 2.75) is 32.4 Å². The number of hydrogen-bond acceptors (Lipinski definition) is 2. The molecule has 1 atom stereocenters. The van der Waals surface area contributed by atoms with E-state index >= 15 is 0 Å². The van der Waals surface area contributed by atoms with E-state index in [4.69, 9.17) is 0 Å². The molecule has 17 heavy (non-hydrogen) atoms. The van der Waals surface area contributed by atoms with Crippen LogP contribution in [0.2, 0.25) is 0 Å². The molecule has 0 aliphatic heterocycles. The third kappa shape index (κ3) is 4.33. The first-order chi connectivity index (χ1) is 8.34. The van der Waals surface area contributed by atoms with Gasteiger partial charge in [0.15, 0.2) is 0 Å². The van der Waals surface area contributed by atoms with E-state index < -0.39 is 0 Å². The maximum absolute atomic E-state index is 3.57. The minimum Gasteiger partial charge on any atom is -0.309 e. The Morgan fingerprint density at radius 1 is 1.12 bits per heavy atom. The van der Waals surface area contributed by atoms with Crippen LogP contribution >= 0.6 is 11.3 Å². The van der Waals surface area contributed by atoms with Gasteiger partial charge in [-0.25, -0.2) is 0 Å². The highest BCUT2D eigenvalue weighted by atomic mass is 32.1. The number of nitrogens with one attached hydrogen (secondary N) is 1. The normalized spacial score (nSPS) is 12.5. The van der Waals surface area contributed by atoms with Gasteiger partial charge >= 0.3 is 0 Å². The Morgan fingerprint density at radius 3 is 2.65 bits per heavy atom. The summed E-state index contributed by atoms with van der Waals surface area (Å²) in [6.07, 6.45) is 2.34. The molecule has 2 aromatic rings. The lowest BCUT2D eigenvalue weighted by Gasteiger charge is -2.12. The highest BCUT2D eigenvalue weighted by molar-refractivity contribution is 7.09. The Hall–Kier alpha value is -1.12. The summed E-state index contributed by atoms with van der Waals surface area (Å²) in [5, 5.41) is 5.70. The van der Waals surface area contributed by atoms with Crippen molar-refractivity contribution < 1.29 is 0 Å². The molecule has 0 radical (unpaired) electrons. The van der Waals surface area contributed by atoms with Crippen LogP contribution in [0.3, 0.4) is 0 Å². The summed E-state index contributed by atoms with van der Waals surface area (Å²) in [6.45, 7) is 3.25. The zero-order chi connectivity index (χ0) is 11.9. The Labute approximate surface area is 108 Å². The van der Waals surface area contributed by atoms with E-state index in [2.05, 4.69) is 60.1 Å². The van der Waals surface area contributed by atoms with E-state index in [-0.39, 0.29) is 0 Å². The molecule has 0 amide bonds. The fourth-order valence-electron chi connectivity index (χ4n) is 1.82. The van der Waals surface area contributed by atoms with E-state index in [1.807, 2.05) is 11.3 Å². The van der Waals surface area contributed by atoms with Gasteiger partial charge in [0, 0.05) is 17.5 Å². The second kappa shape index (κ2) is 6.58. The van der Waals surface area contributed by atoms with E-state index in [1.165, 1.54) is 16.9 Å². The number of aryl methyl sites for hydroxylation is 1. The van der Waals surface area contributed by atoms with Gasteiger partial charge in [-0.2, -0.15) is 0 Å². The first kappa shape index (κ1) is 12.3. The molecule has 0 saturated heterocycles. The van der Waals surface area contributed by atoms with Crippen molar-refractivity contribution in [1.29, 1.82) is 0 Å². The highest BCUT2D eigenvalue weighted by Crippen LogP contribution is 2.09. The van der Waals surface area contributed by atoms with Gasteiger partial charge in [-0.3, -0.25) is 0 Å². The predicted octanol–water partition coefficient (Wildman–Crippen LogP) is 3.86. The van der Waals surface area contributed by atoms with E-state index in [1.54, 1.807) is 0 Å². The van der Waals surface area contributed by atoms with E-state index in [9.17, 15) is 0 Å². The van der Waals surface area contributed by atoms with Gasteiger partial charge in [-0.1, -0.05) is 36.4 Å². The minimum absolute atomic E-state index is 0.567. The van der Waals surface area contributed by atoms with Gasteiger partial charge in [0.2, 0.25) is 0 Å². The second-order valence-corrected chi connectivity index (χ2v) is 5.42. The minimum atomic E-state index is 0.567. The van der Waals surface area contributed by atoms with Crippen LogP contribution in [-0.4, -0.2) is 6.04 Å². The van der Waals surface area contributed by atoms with Gasteiger partial charge < -0.3 is 5.32 Å². The Morgan fingerprint density at radius 2 is 1.94 bits per heavy atom. The molecule has 2 heteroatoms. The largest absolute Gasteiger partial charge is 0.309 e. The fraction of sp³-hybridized carbons (Fsp3) is 0.333. The summed E-state index contributed by atoms with van der Waals surface area (Å²) in [4.78, 5) is 1.41. The maximum atomic E-state index is 3.57. The van der Waals surface area contributed by atoms with Crippen molar-refractivity contribution in [3.63, 3.8) is 0 Å². The number of thiophene rings is 1. The van der Waals surface area contributed by atoms with Crippen LogP contribution in [0.25, 0.3) is 0 Å². The van der Waals surface area contributed by atoms with Crippen molar-refractivity contribution in [2.75, 3.05) is 0 Å². The quantitative estimate of drug-likeness (QED) is 0.815. The Balaban J connectivity index is 1.69. The molecular weight excluding hydrogens is 226 g/mol. The summed E-state index contributed by atoms with van der Waals surface area (Å²) in [5.41, 5.74) is 1.43. The topological polar surface area (TPSA) is 12.0 Å².